The molecule has 0 aliphatic rings. The first-order valence-electron chi connectivity index (χ1n) is 6.61. The molecule has 0 aliphatic heterocycles. The predicted molar refractivity (Wildman–Crippen MR) is 86.6 cm³/mol. The van der Waals surface area contributed by atoms with E-state index in [4.69, 9.17) is 17.3 Å². The molecule has 20 heavy (non-hydrogen) atoms. The van der Waals surface area contributed by atoms with Crippen LogP contribution in [0.2, 0.25) is 5.02 Å². The van der Waals surface area contributed by atoms with E-state index in [9.17, 15) is 0 Å². The molecule has 0 saturated carbocycles. The summed E-state index contributed by atoms with van der Waals surface area (Å²) in [6, 6.07) is 10.4. The van der Waals surface area contributed by atoms with E-state index in [1.54, 1.807) is 11.8 Å². The fraction of sp³-hybridized carbons (Fsp3) is 0.312. The van der Waals surface area contributed by atoms with Gasteiger partial charge in [0.05, 0.1) is 0 Å². The van der Waals surface area contributed by atoms with Gasteiger partial charge in [-0.2, -0.15) is 0 Å². The Morgan fingerprint density at radius 2 is 2.00 bits per heavy atom. The highest BCUT2D eigenvalue weighted by molar-refractivity contribution is 7.99. The molecular formula is C16H19ClN2S. The summed E-state index contributed by atoms with van der Waals surface area (Å²) in [5, 5.41) is 1.77. The van der Waals surface area contributed by atoms with Crippen molar-refractivity contribution in [2.24, 2.45) is 5.73 Å². The molecule has 1 aromatic carbocycles. The molecule has 2 nitrogen and oxygen atoms in total. The van der Waals surface area contributed by atoms with E-state index in [1.807, 2.05) is 19.9 Å². The molecular weight excluding hydrogens is 288 g/mol. The molecule has 2 N–H and O–H groups in total. The van der Waals surface area contributed by atoms with E-state index in [-0.39, 0.29) is 6.04 Å². The second kappa shape index (κ2) is 6.61. The summed E-state index contributed by atoms with van der Waals surface area (Å²) in [6.07, 6.45) is 0.797. The van der Waals surface area contributed by atoms with Gasteiger partial charge in [-0.15, -0.1) is 0 Å². The molecule has 1 heterocycles. The van der Waals surface area contributed by atoms with Crippen molar-refractivity contribution < 1.29 is 0 Å². The Balaban J connectivity index is 2.19. The van der Waals surface area contributed by atoms with E-state index in [0.29, 0.717) is 0 Å². The van der Waals surface area contributed by atoms with Crippen LogP contribution >= 0.6 is 23.4 Å². The van der Waals surface area contributed by atoms with Crippen molar-refractivity contribution >= 4 is 23.4 Å². The maximum Gasteiger partial charge on any atom is 0.101 e. The number of rotatable bonds is 4. The zero-order valence-corrected chi connectivity index (χ0v) is 13.6. The summed E-state index contributed by atoms with van der Waals surface area (Å²) in [7, 11) is 0. The van der Waals surface area contributed by atoms with Crippen LogP contribution in [0.4, 0.5) is 0 Å². The second-order valence-corrected chi connectivity index (χ2v) is 6.66. The van der Waals surface area contributed by atoms with Gasteiger partial charge in [0.25, 0.3) is 0 Å². The Morgan fingerprint density at radius 1 is 1.25 bits per heavy atom. The molecule has 0 amide bonds. The summed E-state index contributed by atoms with van der Waals surface area (Å²) >= 11 is 7.94. The van der Waals surface area contributed by atoms with Crippen molar-refractivity contribution in [2.75, 3.05) is 0 Å². The second-order valence-electron chi connectivity index (χ2n) is 5.16. The average molecular weight is 307 g/mol. The van der Waals surface area contributed by atoms with Gasteiger partial charge in [-0.05, 0) is 62.6 Å². The van der Waals surface area contributed by atoms with Crippen LogP contribution < -0.4 is 5.73 Å². The molecule has 0 bridgehead atoms. The van der Waals surface area contributed by atoms with Gasteiger partial charge in [0.15, 0.2) is 0 Å². The Kier molecular flexibility index (Phi) is 5.08. The van der Waals surface area contributed by atoms with Crippen LogP contribution in [0.1, 0.15) is 23.7 Å². The minimum Gasteiger partial charge on any atom is -0.328 e. The standard InChI is InChI=1S/C16H19ClN2S/c1-10-6-12(3)19-16(7-10)20-14-5-4-13(8-11(2)18)15(17)9-14/h4-7,9,11H,8,18H2,1-3H3. The topological polar surface area (TPSA) is 38.9 Å². The highest BCUT2D eigenvalue weighted by atomic mass is 35.5. The fourth-order valence-corrected chi connectivity index (χ4v) is 3.39. The van der Waals surface area contributed by atoms with Crippen LogP contribution in [0.15, 0.2) is 40.3 Å². The van der Waals surface area contributed by atoms with Gasteiger partial charge in [-0.1, -0.05) is 29.4 Å². The van der Waals surface area contributed by atoms with Crippen LogP contribution in [0.3, 0.4) is 0 Å². The van der Waals surface area contributed by atoms with Crippen LogP contribution in [0.25, 0.3) is 0 Å². The predicted octanol–water partition coefficient (Wildman–Crippen LogP) is 4.39. The van der Waals surface area contributed by atoms with Gasteiger partial charge >= 0.3 is 0 Å². The molecule has 1 atom stereocenters. The van der Waals surface area contributed by atoms with Gasteiger partial charge < -0.3 is 5.73 Å². The van der Waals surface area contributed by atoms with Crippen molar-refractivity contribution in [3.05, 3.63) is 52.2 Å². The monoisotopic (exact) mass is 306 g/mol. The smallest absolute Gasteiger partial charge is 0.101 e. The minimum atomic E-state index is 0.118. The van der Waals surface area contributed by atoms with Crippen molar-refractivity contribution in [3.63, 3.8) is 0 Å². The molecule has 1 unspecified atom stereocenters. The van der Waals surface area contributed by atoms with Crippen molar-refractivity contribution in [1.82, 2.24) is 4.98 Å². The molecule has 2 aromatic rings. The maximum atomic E-state index is 6.31. The third kappa shape index (κ3) is 4.23. The number of halogens is 1. The SMILES string of the molecule is Cc1cc(C)nc(Sc2ccc(CC(C)N)c(Cl)c2)c1. The van der Waals surface area contributed by atoms with Gasteiger partial charge in [-0.25, -0.2) is 4.98 Å². The van der Waals surface area contributed by atoms with Gasteiger partial charge in [0.1, 0.15) is 5.03 Å². The van der Waals surface area contributed by atoms with Crippen molar-refractivity contribution in [1.29, 1.82) is 0 Å². The first kappa shape index (κ1) is 15.4. The van der Waals surface area contributed by atoms with Gasteiger partial charge in [-0.3, -0.25) is 0 Å². The highest BCUT2D eigenvalue weighted by Crippen LogP contribution is 2.30. The molecule has 2 rings (SSSR count). The summed E-state index contributed by atoms with van der Waals surface area (Å²) in [5.74, 6) is 0. The van der Waals surface area contributed by atoms with E-state index in [1.165, 1.54) is 5.56 Å². The van der Waals surface area contributed by atoms with E-state index < -0.39 is 0 Å². The fourth-order valence-electron chi connectivity index (χ4n) is 2.08. The number of nitrogens with zero attached hydrogens (tertiary/aromatic N) is 1. The summed E-state index contributed by atoms with van der Waals surface area (Å²) in [4.78, 5) is 5.63. The Labute approximate surface area is 129 Å². The highest BCUT2D eigenvalue weighted by Gasteiger charge is 2.07. The molecule has 0 saturated heterocycles. The van der Waals surface area contributed by atoms with E-state index in [2.05, 4.69) is 36.2 Å². The molecule has 0 radical (unpaired) electrons. The Morgan fingerprint density at radius 3 is 2.60 bits per heavy atom. The number of aryl methyl sites for hydroxylation is 2. The maximum absolute atomic E-state index is 6.31. The van der Waals surface area contributed by atoms with Crippen LogP contribution in [0, 0.1) is 13.8 Å². The van der Waals surface area contributed by atoms with Gasteiger partial charge in [0.2, 0.25) is 0 Å². The minimum absolute atomic E-state index is 0.118. The number of aromatic nitrogens is 1. The lowest BCUT2D eigenvalue weighted by molar-refractivity contribution is 0.738. The molecule has 0 fully saturated rings. The molecule has 4 heteroatoms. The molecule has 0 spiro atoms. The first-order valence-corrected chi connectivity index (χ1v) is 7.80. The largest absolute Gasteiger partial charge is 0.328 e. The quantitative estimate of drug-likeness (QED) is 0.910. The normalized spacial score (nSPS) is 12.4. The van der Waals surface area contributed by atoms with Crippen LogP contribution in [-0.4, -0.2) is 11.0 Å². The van der Waals surface area contributed by atoms with E-state index >= 15 is 0 Å². The summed E-state index contributed by atoms with van der Waals surface area (Å²) in [6.45, 7) is 6.08. The third-order valence-corrected chi connectivity index (χ3v) is 4.12. The van der Waals surface area contributed by atoms with Crippen LogP contribution in [-0.2, 0) is 6.42 Å². The Bertz CT molecular complexity index is 591. The lowest BCUT2D eigenvalue weighted by Gasteiger charge is -2.09. The first-order chi connectivity index (χ1) is 9.44. The molecule has 1 aromatic heterocycles. The number of nitrogens with two attached hydrogens (primary N) is 1. The zero-order chi connectivity index (χ0) is 14.7. The number of benzene rings is 1. The number of hydrogen-bond acceptors (Lipinski definition) is 3. The lowest BCUT2D eigenvalue weighted by Crippen LogP contribution is -2.17. The van der Waals surface area contributed by atoms with E-state index in [0.717, 1.165) is 32.6 Å². The molecule has 106 valence electrons. The van der Waals surface area contributed by atoms with Gasteiger partial charge in [0, 0.05) is 21.7 Å². The lowest BCUT2D eigenvalue weighted by atomic mass is 10.1. The zero-order valence-electron chi connectivity index (χ0n) is 12.0. The van der Waals surface area contributed by atoms with Crippen LogP contribution in [0.5, 0.6) is 0 Å². The summed E-state index contributed by atoms with van der Waals surface area (Å²) < 4.78 is 0. The Hall–Kier alpha value is -1.03. The van der Waals surface area contributed by atoms with Crippen molar-refractivity contribution in [2.45, 2.75) is 43.2 Å². The summed E-state index contributed by atoms with van der Waals surface area (Å²) in [5.41, 5.74) is 9.17. The number of pyridine rings is 1. The number of hydrogen-bond donors (Lipinski definition) is 1. The third-order valence-electron chi connectivity index (χ3n) is 2.86. The molecule has 0 aliphatic carbocycles. The van der Waals surface area contributed by atoms with Crippen molar-refractivity contribution in [3.8, 4) is 0 Å². The average Bonchev–Trinajstić information content (AvgIpc) is 2.31.